The molecular formula is C18H22ClN3O. The summed E-state index contributed by atoms with van der Waals surface area (Å²) < 4.78 is 5.19. The van der Waals surface area contributed by atoms with E-state index in [4.69, 9.17) is 22.1 Å². The molecule has 0 aliphatic rings. The monoisotopic (exact) mass is 331 g/mol. The van der Waals surface area contributed by atoms with E-state index < -0.39 is 0 Å². The van der Waals surface area contributed by atoms with E-state index >= 15 is 0 Å². The quantitative estimate of drug-likeness (QED) is 0.641. The van der Waals surface area contributed by atoms with Crippen LogP contribution >= 0.6 is 11.6 Å². The summed E-state index contributed by atoms with van der Waals surface area (Å²) in [6, 6.07) is 15.3. The zero-order chi connectivity index (χ0) is 16.9. The highest BCUT2D eigenvalue weighted by atomic mass is 35.5. The number of guanidine groups is 1. The Morgan fingerprint density at radius 2 is 1.96 bits per heavy atom. The Kier molecular flexibility index (Phi) is 5.50. The lowest BCUT2D eigenvalue weighted by Gasteiger charge is -2.24. The van der Waals surface area contributed by atoms with Crippen LogP contribution in [0.15, 0.2) is 53.5 Å². The van der Waals surface area contributed by atoms with E-state index in [1.165, 1.54) is 0 Å². The largest absolute Gasteiger partial charge is 0.497 e. The van der Waals surface area contributed by atoms with Gasteiger partial charge in [0.15, 0.2) is 5.96 Å². The van der Waals surface area contributed by atoms with Crippen LogP contribution in [0.4, 0.5) is 5.69 Å². The van der Waals surface area contributed by atoms with Crippen LogP contribution in [0.25, 0.3) is 0 Å². The molecule has 0 bridgehead atoms. The number of anilines is 1. The molecule has 0 unspecified atom stereocenters. The van der Waals surface area contributed by atoms with Crippen molar-refractivity contribution in [2.24, 2.45) is 10.7 Å². The molecule has 0 spiro atoms. The number of aliphatic imine (C=N–C) groups is 1. The van der Waals surface area contributed by atoms with Crippen molar-refractivity contribution in [2.45, 2.75) is 19.3 Å². The Bertz CT molecular complexity index is 698. The molecule has 3 N–H and O–H groups in total. The van der Waals surface area contributed by atoms with E-state index in [-0.39, 0.29) is 5.41 Å². The van der Waals surface area contributed by atoms with Gasteiger partial charge in [-0.25, -0.2) is 0 Å². The van der Waals surface area contributed by atoms with Gasteiger partial charge in [0.05, 0.1) is 13.7 Å². The summed E-state index contributed by atoms with van der Waals surface area (Å²) in [5.41, 5.74) is 7.67. The molecule has 5 heteroatoms. The minimum absolute atomic E-state index is 0.209. The van der Waals surface area contributed by atoms with E-state index in [0.29, 0.717) is 12.5 Å². The molecule has 0 fully saturated rings. The van der Waals surface area contributed by atoms with Crippen LogP contribution in [0.1, 0.15) is 19.4 Å². The Balaban J connectivity index is 2.07. The van der Waals surface area contributed by atoms with Crippen molar-refractivity contribution in [3.63, 3.8) is 0 Å². The number of rotatable bonds is 5. The third-order valence-electron chi connectivity index (χ3n) is 3.59. The molecule has 0 atom stereocenters. The van der Waals surface area contributed by atoms with Gasteiger partial charge >= 0.3 is 0 Å². The standard InChI is InChI=1S/C18H22ClN3O/c1-18(2,15-9-4-5-10-16(15)19)12-21-17(20)22-13-7-6-8-14(11-13)23-3/h4-11H,12H2,1-3H3,(H3,20,21,22). The number of nitrogens with two attached hydrogens (primary N) is 1. The van der Waals surface area contributed by atoms with E-state index in [1.807, 2.05) is 48.5 Å². The van der Waals surface area contributed by atoms with Crippen molar-refractivity contribution in [2.75, 3.05) is 19.0 Å². The van der Waals surface area contributed by atoms with E-state index in [2.05, 4.69) is 24.2 Å². The first kappa shape index (κ1) is 17.2. The Labute approximate surface area is 142 Å². The molecule has 122 valence electrons. The minimum atomic E-state index is -0.209. The highest BCUT2D eigenvalue weighted by Crippen LogP contribution is 2.29. The van der Waals surface area contributed by atoms with Gasteiger partial charge in [0.1, 0.15) is 5.75 Å². The first-order chi connectivity index (χ1) is 10.9. The summed E-state index contributed by atoms with van der Waals surface area (Å²) >= 11 is 6.28. The first-order valence-electron chi connectivity index (χ1n) is 7.38. The van der Waals surface area contributed by atoms with Gasteiger partial charge in [0.25, 0.3) is 0 Å². The van der Waals surface area contributed by atoms with Crippen LogP contribution in [0, 0.1) is 0 Å². The van der Waals surface area contributed by atoms with Crippen LogP contribution in [-0.4, -0.2) is 19.6 Å². The number of nitrogens with one attached hydrogen (secondary N) is 1. The second-order valence-corrected chi connectivity index (χ2v) is 6.33. The molecule has 2 rings (SSSR count). The second kappa shape index (κ2) is 7.38. The predicted octanol–water partition coefficient (Wildman–Crippen LogP) is 4.05. The average molecular weight is 332 g/mol. The van der Waals surface area contributed by atoms with Crippen molar-refractivity contribution in [3.8, 4) is 5.75 Å². The van der Waals surface area contributed by atoms with Gasteiger partial charge in [0, 0.05) is 22.2 Å². The van der Waals surface area contributed by atoms with Gasteiger partial charge in [0.2, 0.25) is 0 Å². The van der Waals surface area contributed by atoms with Gasteiger partial charge < -0.3 is 15.8 Å². The lowest BCUT2D eigenvalue weighted by Crippen LogP contribution is -2.28. The molecule has 0 aromatic heterocycles. The predicted molar refractivity (Wildman–Crippen MR) is 97.6 cm³/mol. The Morgan fingerprint density at radius 3 is 2.65 bits per heavy atom. The molecule has 0 saturated carbocycles. The third-order valence-corrected chi connectivity index (χ3v) is 3.92. The van der Waals surface area contributed by atoms with E-state index in [9.17, 15) is 0 Å². The number of halogens is 1. The Hall–Kier alpha value is -2.20. The number of hydrogen-bond acceptors (Lipinski definition) is 2. The zero-order valence-corrected chi connectivity index (χ0v) is 14.4. The van der Waals surface area contributed by atoms with E-state index in [0.717, 1.165) is 22.0 Å². The third kappa shape index (κ3) is 4.63. The molecule has 0 aliphatic carbocycles. The fourth-order valence-corrected chi connectivity index (χ4v) is 2.66. The summed E-state index contributed by atoms with van der Waals surface area (Å²) in [6.07, 6.45) is 0. The SMILES string of the molecule is COc1cccc(NC(N)=NCC(C)(C)c2ccccc2Cl)c1. The van der Waals surface area contributed by atoms with Crippen molar-refractivity contribution < 1.29 is 4.74 Å². The lowest BCUT2D eigenvalue weighted by molar-refractivity contribution is 0.415. The van der Waals surface area contributed by atoms with Crippen molar-refractivity contribution in [1.29, 1.82) is 0 Å². The minimum Gasteiger partial charge on any atom is -0.497 e. The number of hydrogen-bond donors (Lipinski definition) is 2. The van der Waals surface area contributed by atoms with Crippen LogP contribution < -0.4 is 15.8 Å². The van der Waals surface area contributed by atoms with Gasteiger partial charge in [-0.05, 0) is 23.8 Å². The maximum absolute atomic E-state index is 6.28. The van der Waals surface area contributed by atoms with Crippen molar-refractivity contribution >= 4 is 23.2 Å². The fourth-order valence-electron chi connectivity index (χ4n) is 2.27. The van der Waals surface area contributed by atoms with E-state index in [1.54, 1.807) is 7.11 Å². The molecule has 0 saturated heterocycles. The summed E-state index contributed by atoms with van der Waals surface area (Å²) in [5, 5.41) is 3.81. The molecule has 23 heavy (non-hydrogen) atoms. The molecule has 4 nitrogen and oxygen atoms in total. The van der Waals surface area contributed by atoms with Gasteiger partial charge in [-0.15, -0.1) is 0 Å². The molecule has 2 aromatic rings. The summed E-state index contributed by atoms with van der Waals surface area (Å²) in [6.45, 7) is 4.71. The number of nitrogens with zero attached hydrogens (tertiary/aromatic N) is 1. The van der Waals surface area contributed by atoms with Crippen LogP contribution in [-0.2, 0) is 5.41 Å². The lowest BCUT2D eigenvalue weighted by atomic mass is 9.85. The molecule has 0 heterocycles. The average Bonchev–Trinajstić information content (AvgIpc) is 2.53. The van der Waals surface area contributed by atoms with Crippen LogP contribution in [0.3, 0.4) is 0 Å². The summed E-state index contributed by atoms with van der Waals surface area (Å²) in [5.74, 6) is 1.12. The number of methoxy groups -OCH3 is 1. The first-order valence-corrected chi connectivity index (χ1v) is 7.76. The van der Waals surface area contributed by atoms with Crippen LogP contribution in [0.2, 0.25) is 5.02 Å². The van der Waals surface area contributed by atoms with Gasteiger partial charge in [-0.3, -0.25) is 4.99 Å². The topological polar surface area (TPSA) is 59.6 Å². The molecule has 0 amide bonds. The van der Waals surface area contributed by atoms with Crippen LogP contribution in [0.5, 0.6) is 5.75 Å². The molecule has 2 aromatic carbocycles. The summed E-state index contributed by atoms with van der Waals surface area (Å²) in [7, 11) is 1.63. The highest BCUT2D eigenvalue weighted by Gasteiger charge is 2.22. The molecule has 0 radical (unpaired) electrons. The second-order valence-electron chi connectivity index (χ2n) is 5.92. The molecular weight excluding hydrogens is 310 g/mol. The highest BCUT2D eigenvalue weighted by molar-refractivity contribution is 6.31. The maximum atomic E-state index is 6.28. The smallest absolute Gasteiger partial charge is 0.193 e. The van der Waals surface area contributed by atoms with Crippen molar-refractivity contribution in [3.05, 3.63) is 59.1 Å². The summed E-state index contributed by atoms with van der Waals surface area (Å²) in [4.78, 5) is 4.45. The zero-order valence-electron chi connectivity index (χ0n) is 13.6. The number of benzene rings is 2. The number of ether oxygens (including phenoxy) is 1. The normalized spacial score (nSPS) is 12.1. The van der Waals surface area contributed by atoms with Gasteiger partial charge in [-0.2, -0.15) is 0 Å². The Morgan fingerprint density at radius 1 is 1.22 bits per heavy atom. The maximum Gasteiger partial charge on any atom is 0.193 e. The fraction of sp³-hybridized carbons (Fsp3) is 0.278. The van der Waals surface area contributed by atoms with Gasteiger partial charge in [-0.1, -0.05) is 49.7 Å². The van der Waals surface area contributed by atoms with Crippen molar-refractivity contribution in [1.82, 2.24) is 0 Å². The molecule has 0 aliphatic heterocycles.